The van der Waals surface area contributed by atoms with Gasteiger partial charge in [0.05, 0.1) is 11.3 Å². The Morgan fingerprint density at radius 1 is 1.48 bits per heavy atom. The summed E-state index contributed by atoms with van der Waals surface area (Å²) in [6.07, 6.45) is -1.64. The van der Waals surface area contributed by atoms with E-state index in [0.717, 1.165) is 28.6 Å². The first-order valence-corrected chi connectivity index (χ1v) is 8.11. The molecule has 0 saturated carbocycles. The van der Waals surface area contributed by atoms with Gasteiger partial charge in [-0.1, -0.05) is 20.3 Å². The summed E-state index contributed by atoms with van der Waals surface area (Å²) in [6.45, 7) is 4.10. The lowest BCUT2D eigenvalue weighted by Gasteiger charge is -2.12. The van der Waals surface area contributed by atoms with Crippen LogP contribution in [0.2, 0.25) is 0 Å². The Labute approximate surface area is 136 Å². The highest BCUT2D eigenvalue weighted by atomic mass is 32.1. The molecule has 1 atom stereocenters. The number of hydrogen-bond donors (Lipinski definition) is 1. The maximum Gasteiger partial charge on any atom is 0.435 e. The lowest BCUT2D eigenvalue weighted by atomic mass is 10.0. The molecule has 0 spiro atoms. The molecule has 0 bridgehead atoms. The van der Waals surface area contributed by atoms with E-state index in [1.165, 1.54) is 18.4 Å². The third kappa shape index (κ3) is 3.93. The van der Waals surface area contributed by atoms with Crippen molar-refractivity contribution >= 4 is 22.9 Å². The number of aromatic nitrogens is 2. The molecule has 2 heterocycles. The number of carbonyl (C=O) groups excluding carboxylic acids is 1. The number of anilines is 1. The molecule has 0 aliphatic heterocycles. The first-order valence-electron chi connectivity index (χ1n) is 7.23. The smallest absolute Gasteiger partial charge is 0.321 e. The van der Waals surface area contributed by atoms with Gasteiger partial charge in [0.1, 0.15) is 0 Å². The molecule has 8 heteroatoms. The van der Waals surface area contributed by atoms with Crippen molar-refractivity contribution in [1.82, 2.24) is 9.78 Å². The Kier molecular flexibility index (Phi) is 5.13. The van der Waals surface area contributed by atoms with Crippen LogP contribution in [0.15, 0.2) is 17.6 Å². The molecule has 0 fully saturated rings. The lowest BCUT2D eigenvalue weighted by Crippen LogP contribution is -2.18. The monoisotopic (exact) mass is 345 g/mol. The fourth-order valence-electron chi connectivity index (χ4n) is 2.42. The fraction of sp³-hybridized carbons (Fsp3) is 0.467. The van der Waals surface area contributed by atoms with Gasteiger partial charge in [-0.05, 0) is 23.8 Å². The molecule has 1 unspecified atom stereocenters. The molecule has 1 amide bonds. The van der Waals surface area contributed by atoms with Crippen LogP contribution in [0, 0.1) is 0 Å². The van der Waals surface area contributed by atoms with Gasteiger partial charge in [-0.15, -0.1) is 11.3 Å². The Morgan fingerprint density at radius 3 is 2.78 bits per heavy atom. The Balaban J connectivity index is 2.26. The third-order valence-corrected chi connectivity index (χ3v) is 4.60. The average molecular weight is 345 g/mol. The zero-order valence-electron chi connectivity index (χ0n) is 13.1. The summed E-state index contributed by atoms with van der Waals surface area (Å²) >= 11 is 1.49. The number of carbonyl (C=O) groups is 1. The Bertz CT molecular complexity index is 690. The zero-order valence-corrected chi connectivity index (χ0v) is 13.9. The predicted molar refractivity (Wildman–Crippen MR) is 83.8 cm³/mol. The summed E-state index contributed by atoms with van der Waals surface area (Å²) in [5.41, 5.74) is -1.07. The van der Waals surface area contributed by atoms with Gasteiger partial charge in [0.2, 0.25) is 0 Å². The van der Waals surface area contributed by atoms with E-state index in [1.54, 1.807) is 6.07 Å². The summed E-state index contributed by atoms with van der Waals surface area (Å²) in [7, 11) is 1.35. The van der Waals surface area contributed by atoms with E-state index in [0.29, 0.717) is 5.69 Å². The molecule has 2 aromatic rings. The van der Waals surface area contributed by atoms with Crippen molar-refractivity contribution < 1.29 is 18.0 Å². The topological polar surface area (TPSA) is 46.9 Å². The zero-order chi connectivity index (χ0) is 17.2. The molecule has 0 aliphatic carbocycles. The minimum atomic E-state index is -4.67. The highest BCUT2D eigenvalue weighted by Crippen LogP contribution is 2.34. The summed E-state index contributed by atoms with van der Waals surface area (Å²) < 4.78 is 39.9. The van der Waals surface area contributed by atoms with Crippen LogP contribution in [0.3, 0.4) is 0 Å². The van der Waals surface area contributed by atoms with E-state index < -0.39 is 23.3 Å². The molecule has 0 aliphatic rings. The first kappa shape index (κ1) is 17.5. The number of alkyl halides is 3. The van der Waals surface area contributed by atoms with Crippen LogP contribution in [-0.4, -0.2) is 15.7 Å². The van der Waals surface area contributed by atoms with Gasteiger partial charge < -0.3 is 5.32 Å². The van der Waals surface area contributed by atoms with Crippen molar-refractivity contribution in [2.45, 2.75) is 38.8 Å². The van der Waals surface area contributed by atoms with Gasteiger partial charge in [0.25, 0.3) is 5.91 Å². The Morgan fingerprint density at radius 2 is 2.17 bits per heavy atom. The minimum absolute atomic E-state index is 0.242. The van der Waals surface area contributed by atoms with E-state index in [4.69, 9.17) is 0 Å². The van der Waals surface area contributed by atoms with E-state index in [-0.39, 0.29) is 5.92 Å². The number of halogens is 3. The molecule has 4 nitrogen and oxygen atoms in total. The van der Waals surface area contributed by atoms with Crippen molar-refractivity contribution in [2.24, 2.45) is 7.05 Å². The highest BCUT2D eigenvalue weighted by Gasteiger charge is 2.39. The highest BCUT2D eigenvalue weighted by molar-refractivity contribution is 7.10. The predicted octanol–water partition coefficient (Wildman–Crippen LogP) is 4.66. The largest absolute Gasteiger partial charge is 0.435 e. The summed E-state index contributed by atoms with van der Waals surface area (Å²) in [5, 5.41) is 7.77. The maximum absolute atomic E-state index is 13.0. The second-order valence-electron chi connectivity index (χ2n) is 5.41. The van der Waals surface area contributed by atoms with Crippen molar-refractivity contribution in [3.05, 3.63) is 33.8 Å². The lowest BCUT2D eigenvalue weighted by molar-refractivity contribution is -0.141. The van der Waals surface area contributed by atoms with Crippen LogP contribution in [-0.2, 0) is 13.2 Å². The van der Waals surface area contributed by atoms with Gasteiger partial charge in [-0.2, -0.15) is 18.3 Å². The summed E-state index contributed by atoms with van der Waals surface area (Å²) in [4.78, 5) is 13.2. The molecule has 2 aromatic heterocycles. The molecule has 0 radical (unpaired) electrons. The van der Waals surface area contributed by atoms with Crippen molar-refractivity contribution in [1.29, 1.82) is 0 Å². The van der Waals surface area contributed by atoms with E-state index >= 15 is 0 Å². The number of hydrogen-bond acceptors (Lipinski definition) is 3. The van der Waals surface area contributed by atoms with Crippen molar-refractivity contribution in [3.8, 4) is 0 Å². The van der Waals surface area contributed by atoms with Crippen LogP contribution < -0.4 is 5.32 Å². The van der Waals surface area contributed by atoms with Crippen molar-refractivity contribution in [2.75, 3.05) is 5.32 Å². The second-order valence-corrected chi connectivity index (χ2v) is 6.35. The van der Waals surface area contributed by atoms with Crippen LogP contribution in [0.5, 0.6) is 0 Å². The van der Waals surface area contributed by atoms with E-state index in [1.807, 2.05) is 12.3 Å². The van der Waals surface area contributed by atoms with Gasteiger partial charge in [0, 0.05) is 18.1 Å². The fourth-order valence-corrected chi connectivity index (χ4v) is 3.37. The van der Waals surface area contributed by atoms with Crippen LogP contribution in [0.1, 0.15) is 53.5 Å². The van der Waals surface area contributed by atoms with Crippen LogP contribution >= 0.6 is 11.3 Å². The molecule has 2 rings (SSSR count). The van der Waals surface area contributed by atoms with Gasteiger partial charge in [0.15, 0.2) is 5.69 Å². The number of thiophene rings is 1. The third-order valence-electron chi connectivity index (χ3n) is 3.45. The van der Waals surface area contributed by atoms with Crippen molar-refractivity contribution in [3.63, 3.8) is 0 Å². The molecule has 0 aromatic carbocycles. The first-order chi connectivity index (χ1) is 10.7. The van der Waals surface area contributed by atoms with E-state index in [9.17, 15) is 18.0 Å². The Hall–Kier alpha value is -1.83. The number of rotatable bonds is 5. The van der Waals surface area contributed by atoms with Crippen LogP contribution in [0.25, 0.3) is 0 Å². The molecular weight excluding hydrogens is 327 g/mol. The molecule has 0 saturated heterocycles. The number of nitrogens with one attached hydrogen (secondary N) is 1. The molecule has 126 valence electrons. The second kappa shape index (κ2) is 6.74. The number of aryl methyl sites for hydroxylation is 1. The molecule has 1 N–H and O–H groups in total. The van der Waals surface area contributed by atoms with E-state index in [2.05, 4.69) is 17.3 Å². The van der Waals surface area contributed by atoms with Gasteiger partial charge in [-0.25, -0.2) is 0 Å². The molecular formula is C15H18F3N3OS. The SMILES string of the molecule is CCCC(C)c1sccc1NC(=O)c1cn(C)nc1C(F)(F)F. The van der Waals surface area contributed by atoms with Gasteiger partial charge in [-0.3, -0.25) is 9.48 Å². The molecule has 23 heavy (non-hydrogen) atoms. The normalized spacial score (nSPS) is 13.1. The quantitative estimate of drug-likeness (QED) is 0.857. The minimum Gasteiger partial charge on any atom is -0.321 e. The number of nitrogens with zero attached hydrogens (tertiary/aromatic N) is 2. The summed E-state index contributed by atoms with van der Waals surface area (Å²) in [5.74, 6) is -0.556. The van der Waals surface area contributed by atoms with Crippen LogP contribution in [0.4, 0.5) is 18.9 Å². The number of amides is 1. The van der Waals surface area contributed by atoms with Gasteiger partial charge >= 0.3 is 6.18 Å². The average Bonchev–Trinajstić information content (AvgIpc) is 3.04. The summed E-state index contributed by atoms with van der Waals surface area (Å²) in [6, 6.07) is 1.72. The standard InChI is InChI=1S/C15H18F3N3OS/c1-4-5-9(2)12-11(6-7-23-12)19-14(22)10-8-21(3)20-13(10)15(16,17)18/h6-9H,4-5H2,1-3H3,(H,19,22). The maximum atomic E-state index is 13.0.